The number of thiazole rings is 1. The number of sulfonamides is 1. The highest BCUT2D eigenvalue weighted by Crippen LogP contribution is 2.29. The van der Waals surface area contributed by atoms with Gasteiger partial charge in [0.25, 0.3) is 10.0 Å². The van der Waals surface area contributed by atoms with Gasteiger partial charge in [-0.05, 0) is 42.8 Å². The largest absolute Gasteiger partial charge is 0.302 e. The maximum atomic E-state index is 13.8. The molecule has 0 saturated heterocycles. The number of anilines is 2. The van der Waals surface area contributed by atoms with Crippen molar-refractivity contribution in [2.45, 2.75) is 24.7 Å². The molecule has 0 aliphatic rings. The van der Waals surface area contributed by atoms with Crippen molar-refractivity contribution in [1.29, 1.82) is 0 Å². The number of benzene rings is 2. The first-order chi connectivity index (χ1) is 12.8. The first-order valence-electron chi connectivity index (χ1n) is 7.97. The molecule has 0 atom stereocenters. The number of amides is 1. The minimum atomic E-state index is -4.31. The molecule has 10 heteroatoms. The van der Waals surface area contributed by atoms with Crippen LogP contribution in [0, 0.1) is 11.6 Å². The molecule has 0 spiro atoms. The second kappa shape index (κ2) is 7.57. The number of aromatic nitrogens is 1. The average Bonchev–Trinajstić information content (AvgIpc) is 2.98. The van der Waals surface area contributed by atoms with Gasteiger partial charge in [-0.3, -0.25) is 9.52 Å². The molecule has 0 radical (unpaired) electrons. The van der Waals surface area contributed by atoms with Crippen LogP contribution in [-0.2, 0) is 14.8 Å². The Balaban J connectivity index is 1.87. The summed E-state index contributed by atoms with van der Waals surface area (Å²) in [4.78, 5) is 15.1. The van der Waals surface area contributed by atoms with Crippen LogP contribution in [0.2, 0.25) is 0 Å². The van der Waals surface area contributed by atoms with E-state index in [9.17, 15) is 22.0 Å². The molecule has 1 aromatic heterocycles. The van der Waals surface area contributed by atoms with Crippen LogP contribution < -0.4 is 10.0 Å². The summed E-state index contributed by atoms with van der Waals surface area (Å²) in [5, 5.41) is 3.08. The monoisotopic (exact) mass is 411 g/mol. The lowest BCUT2D eigenvalue weighted by atomic mass is 10.3. The zero-order chi connectivity index (χ0) is 19.6. The molecule has 6 nitrogen and oxygen atoms in total. The number of carbonyl (C=O) groups is 1. The van der Waals surface area contributed by atoms with Gasteiger partial charge in [0.15, 0.2) is 5.13 Å². The van der Waals surface area contributed by atoms with Gasteiger partial charge < -0.3 is 5.32 Å². The van der Waals surface area contributed by atoms with E-state index >= 15 is 0 Å². The number of hydrogen-bond acceptors (Lipinski definition) is 5. The fourth-order valence-electron chi connectivity index (χ4n) is 2.35. The maximum Gasteiger partial charge on any atom is 0.264 e. The Morgan fingerprint density at radius 2 is 1.96 bits per heavy atom. The van der Waals surface area contributed by atoms with Crippen molar-refractivity contribution in [3.63, 3.8) is 0 Å². The summed E-state index contributed by atoms with van der Waals surface area (Å²) < 4.78 is 54.7. The van der Waals surface area contributed by atoms with Gasteiger partial charge in [0.2, 0.25) is 5.91 Å². The second-order valence-corrected chi connectivity index (χ2v) is 8.36. The summed E-state index contributed by atoms with van der Waals surface area (Å²) in [6, 6.07) is 6.76. The summed E-state index contributed by atoms with van der Waals surface area (Å²) >= 11 is 1.25. The summed E-state index contributed by atoms with van der Waals surface area (Å²) in [7, 11) is -4.31. The van der Waals surface area contributed by atoms with Gasteiger partial charge in [-0.15, -0.1) is 0 Å². The molecular formula is C17H15F2N3O3S2. The zero-order valence-electron chi connectivity index (χ0n) is 14.1. The van der Waals surface area contributed by atoms with E-state index in [4.69, 9.17) is 0 Å². The predicted molar refractivity (Wildman–Crippen MR) is 100 cm³/mol. The highest BCUT2D eigenvalue weighted by molar-refractivity contribution is 7.92. The van der Waals surface area contributed by atoms with E-state index in [1.165, 1.54) is 23.5 Å². The third-order valence-corrected chi connectivity index (χ3v) is 5.89. The molecule has 2 aromatic carbocycles. The highest BCUT2D eigenvalue weighted by atomic mass is 32.2. The normalized spacial score (nSPS) is 11.5. The molecule has 142 valence electrons. The lowest BCUT2D eigenvalue weighted by molar-refractivity contribution is -0.116. The third kappa shape index (κ3) is 4.40. The zero-order valence-corrected chi connectivity index (χ0v) is 15.8. The number of rotatable bonds is 6. The first-order valence-corrected chi connectivity index (χ1v) is 10.3. The fraction of sp³-hybridized carbons (Fsp3) is 0.176. The van der Waals surface area contributed by atoms with Crippen LogP contribution in [-0.4, -0.2) is 19.3 Å². The standard InChI is InChI=1S/C17H15F2N3O3S2/c1-2-3-16(23)21-17-20-13-9-11(5-7-14(13)26-17)22-27(24,25)15-8-10(18)4-6-12(15)19/h4-9,22H,2-3H2,1H3,(H,20,21,23). The SMILES string of the molecule is CCCC(=O)Nc1nc2cc(NS(=O)(=O)c3cc(F)ccc3F)ccc2s1. The van der Waals surface area contributed by atoms with E-state index in [-0.39, 0.29) is 11.6 Å². The van der Waals surface area contributed by atoms with Gasteiger partial charge in [-0.2, -0.15) is 0 Å². The molecule has 0 aliphatic carbocycles. The van der Waals surface area contributed by atoms with Crippen LogP contribution in [0.1, 0.15) is 19.8 Å². The third-order valence-electron chi connectivity index (χ3n) is 3.55. The molecule has 0 unspecified atom stereocenters. The molecule has 27 heavy (non-hydrogen) atoms. The molecule has 0 saturated carbocycles. The molecule has 0 aliphatic heterocycles. The lowest BCUT2D eigenvalue weighted by Gasteiger charge is -2.09. The maximum absolute atomic E-state index is 13.8. The van der Waals surface area contributed by atoms with Crippen molar-refractivity contribution in [1.82, 2.24) is 4.98 Å². The number of fused-ring (bicyclic) bond motifs is 1. The van der Waals surface area contributed by atoms with Gasteiger partial charge >= 0.3 is 0 Å². The van der Waals surface area contributed by atoms with Crippen LogP contribution in [0.3, 0.4) is 0 Å². The predicted octanol–water partition coefficient (Wildman–Crippen LogP) is 4.11. The van der Waals surface area contributed by atoms with Crippen molar-refractivity contribution >= 4 is 48.3 Å². The smallest absolute Gasteiger partial charge is 0.264 e. The Bertz CT molecular complexity index is 1110. The summed E-state index contributed by atoms with van der Waals surface area (Å²) in [5.41, 5.74) is 0.606. The number of halogens is 2. The molecular weight excluding hydrogens is 396 g/mol. The molecule has 1 amide bonds. The van der Waals surface area contributed by atoms with Gasteiger partial charge in [-0.25, -0.2) is 22.2 Å². The minimum absolute atomic E-state index is 0.142. The van der Waals surface area contributed by atoms with Gasteiger partial charge in [-0.1, -0.05) is 18.3 Å². The van der Waals surface area contributed by atoms with E-state index in [2.05, 4.69) is 15.0 Å². The Hall–Kier alpha value is -2.59. The van der Waals surface area contributed by atoms with Crippen molar-refractivity contribution in [3.05, 3.63) is 48.0 Å². The van der Waals surface area contributed by atoms with E-state index in [1.54, 1.807) is 6.07 Å². The Kier molecular flexibility index (Phi) is 5.38. The quantitative estimate of drug-likeness (QED) is 0.639. The van der Waals surface area contributed by atoms with E-state index in [1.807, 2.05) is 6.92 Å². The van der Waals surface area contributed by atoms with Gasteiger partial charge in [0.1, 0.15) is 16.5 Å². The summed E-state index contributed by atoms with van der Waals surface area (Å²) in [6.07, 6.45) is 1.08. The van der Waals surface area contributed by atoms with E-state index < -0.39 is 26.6 Å². The van der Waals surface area contributed by atoms with E-state index in [0.29, 0.717) is 29.6 Å². The number of carbonyl (C=O) groups excluding carboxylic acids is 1. The highest BCUT2D eigenvalue weighted by Gasteiger charge is 2.20. The molecule has 1 heterocycles. The first kappa shape index (κ1) is 19.2. The van der Waals surface area contributed by atoms with Crippen molar-refractivity contribution < 1.29 is 22.0 Å². The van der Waals surface area contributed by atoms with Crippen LogP contribution in [0.25, 0.3) is 10.2 Å². The molecule has 0 fully saturated rings. The van der Waals surface area contributed by atoms with Crippen LogP contribution >= 0.6 is 11.3 Å². The fourth-order valence-corrected chi connectivity index (χ4v) is 4.35. The van der Waals surface area contributed by atoms with Gasteiger partial charge in [0.05, 0.1) is 15.9 Å². The molecule has 3 rings (SSSR count). The summed E-state index contributed by atoms with van der Waals surface area (Å²) in [5.74, 6) is -2.07. The summed E-state index contributed by atoms with van der Waals surface area (Å²) in [6.45, 7) is 1.89. The Morgan fingerprint density at radius 1 is 1.19 bits per heavy atom. The second-order valence-electron chi connectivity index (χ2n) is 5.68. The number of nitrogens with one attached hydrogen (secondary N) is 2. The Labute approximate surface area is 158 Å². The molecule has 0 bridgehead atoms. The van der Waals surface area contributed by atoms with E-state index in [0.717, 1.165) is 16.8 Å². The van der Waals surface area contributed by atoms with Crippen LogP contribution in [0.4, 0.5) is 19.6 Å². The molecule has 2 N–H and O–H groups in total. The number of hydrogen-bond donors (Lipinski definition) is 2. The van der Waals surface area contributed by atoms with Crippen LogP contribution in [0.5, 0.6) is 0 Å². The van der Waals surface area contributed by atoms with Crippen LogP contribution in [0.15, 0.2) is 41.3 Å². The topological polar surface area (TPSA) is 88.2 Å². The Morgan fingerprint density at radius 3 is 2.70 bits per heavy atom. The molecule has 3 aromatic rings. The number of nitrogens with zero attached hydrogens (tertiary/aromatic N) is 1. The van der Waals surface area contributed by atoms with Crippen molar-refractivity contribution in [2.24, 2.45) is 0 Å². The van der Waals surface area contributed by atoms with Gasteiger partial charge in [0, 0.05) is 6.42 Å². The average molecular weight is 411 g/mol. The lowest BCUT2D eigenvalue weighted by Crippen LogP contribution is -2.14. The van der Waals surface area contributed by atoms with Crippen molar-refractivity contribution in [2.75, 3.05) is 10.0 Å². The van der Waals surface area contributed by atoms with Crippen molar-refractivity contribution in [3.8, 4) is 0 Å². The minimum Gasteiger partial charge on any atom is -0.302 e.